The molecule has 0 saturated heterocycles. The van der Waals surface area contributed by atoms with Gasteiger partial charge in [0.15, 0.2) is 0 Å². The van der Waals surface area contributed by atoms with Gasteiger partial charge in [0.2, 0.25) is 0 Å². The summed E-state index contributed by atoms with van der Waals surface area (Å²) in [5.74, 6) is 0. The second-order valence-corrected chi connectivity index (χ2v) is 1.67. The van der Waals surface area contributed by atoms with Crippen LogP contribution in [0.1, 0.15) is 26.7 Å². The van der Waals surface area contributed by atoms with Gasteiger partial charge in [0.1, 0.15) is 0 Å². The molecule has 0 heterocycles. The molecule has 0 bridgehead atoms. The molecule has 0 fully saturated rings. The molecule has 0 aliphatic carbocycles. The van der Waals surface area contributed by atoms with Crippen molar-refractivity contribution in [1.82, 2.24) is 0 Å². The van der Waals surface area contributed by atoms with Crippen LogP contribution in [-0.2, 0) is 33.5 Å². The first-order chi connectivity index (χ1) is 5.83. The standard InChI is InChI=1S/2C3H8O2.O.Ti/c2*1-2-3-5-4;;/h2*4H,2-3H2,1H3;;. The van der Waals surface area contributed by atoms with E-state index in [2.05, 4.69) is 9.78 Å². The van der Waals surface area contributed by atoms with E-state index in [0.717, 1.165) is 33.2 Å². The zero-order valence-electron chi connectivity index (χ0n) is 7.45. The van der Waals surface area contributed by atoms with Crippen molar-refractivity contribution in [3.05, 3.63) is 0 Å². The fraction of sp³-hybridized carbons (Fsp3) is 1.00. The van der Waals surface area contributed by atoms with E-state index < -0.39 is 0 Å². The van der Waals surface area contributed by atoms with Crippen molar-refractivity contribution in [3.63, 3.8) is 0 Å². The van der Waals surface area contributed by atoms with Crippen LogP contribution >= 0.6 is 0 Å². The Kier molecular flexibility index (Phi) is 45.7. The molecule has 12 heavy (non-hydrogen) atoms. The van der Waals surface area contributed by atoms with E-state index in [1.807, 2.05) is 13.8 Å². The Bertz CT molecular complexity index is 45.2. The summed E-state index contributed by atoms with van der Waals surface area (Å²) in [6, 6.07) is 0. The molecule has 0 aliphatic heterocycles. The van der Waals surface area contributed by atoms with E-state index in [1.54, 1.807) is 0 Å². The molecule has 2 N–H and O–H groups in total. The molecule has 6 heteroatoms. The quantitative estimate of drug-likeness (QED) is 0.424. The first kappa shape index (κ1) is 18.2. The van der Waals surface area contributed by atoms with Crippen LogP contribution in [0.5, 0.6) is 0 Å². The molecule has 0 unspecified atom stereocenters. The molecule has 0 atom stereocenters. The van der Waals surface area contributed by atoms with Crippen molar-refractivity contribution in [3.8, 4) is 0 Å². The van der Waals surface area contributed by atoms with Gasteiger partial charge in [-0.05, 0) is 12.8 Å². The van der Waals surface area contributed by atoms with E-state index in [4.69, 9.17) is 13.8 Å². The number of rotatable bonds is 4. The summed E-state index contributed by atoms with van der Waals surface area (Å²) in [5, 5.41) is 15.1. The van der Waals surface area contributed by atoms with Gasteiger partial charge >= 0.3 is 23.7 Å². The van der Waals surface area contributed by atoms with Gasteiger partial charge in [0.05, 0.1) is 13.2 Å². The van der Waals surface area contributed by atoms with Gasteiger partial charge in [0, 0.05) is 0 Å². The molecule has 0 amide bonds. The van der Waals surface area contributed by atoms with Crippen LogP contribution in [0.4, 0.5) is 0 Å². The summed E-state index contributed by atoms with van der Waals surface area (Å²) < 4.78 is 8.25. The van der Waals surface area contributed by atoms with Gasteiger partial charge in [-0.1, -0.05) is 13.8 Å². The number of hydrogen-bond donors (Lipinski definition) is 2. The molecule has 74 valence electrons. The Morgan fingerprint density at radius 1 is 1.00 bits per heavy atom. The average molecular weight is 216 g/mol. The topological polar surface area (TPSA) is 76.0 Å². The third-order valence-electron chi connectivity index (χ3n) is 0.591. The molecule has 0 rings (SSSR count). The van der Waals surface area contributed by atoms with Crippen molar-refractivity contribution < 1.29 is 44.0 Å². The van der Waals surface area contributed by atoms with E-state index in [-0.39, 0.29) is 0 Å². The Balaban J connectivity index is -0.000000112. The maximum atomic E-state index is 8.25. The molecule has 0 aromatic carbocycles. The van der Waals surface area contributed by atoms with Crippen LogP contribution in [0.15, 0.2) is 0 Å². The van der Waals surface area contributed by atoms with Crippen LogP contribution in [0.2, 0.25) is 0 Å². The normalized spacial score (nSPS) is 7.25. The van der Waals surface area contributed by atoms with E-state index in [0.29, 0.717) is 13.2 Å². The second kappa shape index (κ2) is 30.1. The first-order valence-electron chi connectivity index (χ1n) is 3.56. The van der Waals surface area contributed by atoms with Crippen LogP contribution in [0.25, 0.3) is 0 Å². The molecule has 5 nitrogen and oxygen atoms in total. The molecule has 0 aromatic rings. The number of hydrogen-bond acceptors (Lipinski definition) is 5. The Morgan fingerprint density at radius 3 is 1.25 bits per heavy atom. The summed E-state index contributed by atoms with van der Waals surface area (Å²) in [6.07, 6.45) is 1.74. The predicted molar refractivity (Wildman–Crippen MR) is 38.4 cm³/mol. The molecule has 0 saturated carbocycles. The maximum absolute atomic E-state index is 8.25. The monoisotopic (exact) mass is 216 g/mol. The fourth-order valence-electron chi connectivity index (χ4n) is 0.183. The summed E-state index contributed by atoms with van der Waals surface area (Å²) in [4.78, 5) is 7.38. The van der Waals surface area contributed by atoms with E-state index in [1.165, 1.54) is 0 Å². The van der Waals surface area contributed by atoms with Crippen molar-refractivity contribution in [1.29, 1.82) is 0 Å². The molecule has 0 radical (unpaired) electrons. The van der Waals surface area contributed by atoms with E-state index in [9.17, 15) is 0 Å². The van der Waals surface area contributed by atoms with Crippen LogP contribution < -0.4 is 0 Å². The predicted octanol–water partition coefficient (Wildman–Crippen LogP) is 1.65. The summed E-state index contributed by atoms with van der Waals surface area (Å²) in [6.45, 7) is 4.74. The average Bonchev–Trinajstić information content (AvgIpc) is 2.12. The molecular weight excluding hydrogens is 200 g/mol. The first-order valence-corrected chi connectivity index (χ1v) is 4.20. The van der Waals surface area contributed by atoms with Crippen LogP contribution in [0, 0.1) is 0 Å². The summed E-state index contributed by atoms with van der Waals surface area (Å²) >= 11 is 0.750. The summed E-state index contributed by atoms with van der Waals surface area (Å²) in [7, 11) is 0. The molecule has 0 aromatic heterocycles. The molecule has 0 spiro atoms. The van der Waals surface area contributed by atoms with Crippen molar-refractivity contribution in [2.24, 2.45) is 0 Å². The van der Waals surface area contributed by atoms with Gasteiger partial charge in [-0.3, -0.25) is 10.5 Å². The zero-order valence-corrected chi connectivity index (χ0v) is 9.01. The van der Waals surface area contributed by atoms with Crippen LogP contribution in [0.3, 0.4) is 0 Å². The Morgan fingerprint density at radius 2 is 1.25 bits per heavy atom. The van der Waals surface area contributed by atoms with Gasteiger partial charge < -0.3 is 0 Å². The van der Waals surface area contributed by atoms with Crippen molar-refractivity contribution in [2.45, 2.75) is 26.7 Å². The summed E-state index contributed by atoms with van der Waals surface area (Å²) in [5.41, 5.74) is 0. The van der Waals surface area contributed by atoms with Crippen LogP contribution in [-0.4, -0.2) is 23.7 Å². The third kappa shape index (κ3) is 47.8. The van der Waals surface area contributed by atoms with Gasteiger partial charge in [-0.2, -0.15) is 0 Å². The molecule has 0 aliphatic rings. The van der Waals surface area contributed by atoms with Crippen molar-refractivity contribution in [2.75, 3.05) is 13.2 Å². The van der Waals surface area contributed by atoms with Crippen molar-refractivity contribution >= 4 is 0 Å². The molecular formula is C6H16O5Ti. The van der Waals surface area contributed by atoms with E-state index >= 15 is 0 Å². The zero-order chi connectivity index (χ0) is 10.2. The minimum atomic E-state index is 0.444. The van der Waals surface area contributed by atoms with Gasteiger partial charge in [0.25, 0.3) is 0 Å². The Hall–Kier alpha value is 0.354. The van der Waals surface area contributed by atoms with Gasteiger partial charge in [-0.25, -0.2) is 9.78 Å². The third-order valence-corrected chi connectivity index (χ3v) is 0.591. The Labute approximate surface area is 84.3 Å². The minimum absolute atomic E-state index is 0.444. The SMILES string of the molecule is CCCOO.CCCOO.[O]=[Ti]. The fourth-order valence-corrected chi connectivity index (χ4v) is 0.183. The second-order valence-electron chi connectivity index (χ2n) is 1.67. The van der Waals surface area contributed by atoms with Gasteiger partial charge in [-0.15, -0.1) is 0 Å².